The van der Waals surface area contributed by atoms with Gasteiger partial charge in [-0.2, -0.15) is 0 Å². The highest BCUT2D eigenvalue weighted by atomic mass is 35.5. The second-order valence-electron chi connectivity index (χ2n) is 5.14. The molecule has 1 unspecified atom stereocenters. The topological polar surface area (TPSA) is 75.6 Å². The maximum Gasteiger partial charge on any atom is 0.240 e. The fraction of sp³-hybridized carbons (Fsp3) is 0.538. The Balaban J connectivity index is 2.14. The number of hydrogen-bond acceptors (Lipinski definition) is 4. The van der Waals surface area contributed by atoms with E-state index in [0.29, 0.717) is 17.2 Å². The van der Waals surface area contributed by atoms with Crippen LogP contribution in [0.25, 0.3) is 0 Å². The number of halogens is 1. The van der Waals surface area contributed by atoms with Gasteiger partial charge in [-0.1, -0.05) is 11.6 Å². The standard InChI is InChI=1S/C13H18ClNO4S/c1-13(5-2-6-19-13)9-15-20(17,18)11-3-4-12(14)10(7-11)8-16/h3-4,7,15-16H,2,5-6,8-9H2,1H3. The third kappa shape index (κ3) is 3.51. The molecule has 20 heavy (non-hydrogen) atoms. The first-order valence-corrected chi connectivity index (χ1v) is 8.25. The van der Waals surface area contributed by atoms with E-state index in [2.05, 4.69) is 4.72 Å². The highest BCUT2D eigenvalue weighted by molar-refractivity contribution is 7.89. The summed E-state index contributed by atoms with van der Waals surface area (Å²) < 4.78 is 32.5. The van der Waals surface area contributed by atoms with Gasteiger partial charge in [-0.05, 0) is 43.5 Å². The van der Waals surface area contributed by atoms with E-state index in [-0.39, 0.29) is 18.0 Å². The molecule has 0 radical (unpaired) electrons. The van der Waals surface area contributed by atoms with Crippen molar-refractivity contribution in [3.63, 3.8) is 0 Å². The van der Waals surface area contributed by atoms with Crippen molar-refractivity contribution in [1.29, 1.82) is 0 Å². The van der Waals surface area contributed by atoms with E-state index in [1.165, 1.54) is 18.2 Å². The van der Waals surface area contributed by atoms with Gasteiger partial charge in [-0.3, -0.25) is 0 Å². The predicted molar refractivity (Wildman–Crippen MR) is 76.2 cm³/mol. The van der Waals surface area contributed by atoms with Crippen LogP contribution >= 0.6 is 11.6 Å². The van der Waals surface area contributed by atoms with Crippen molar-refractivity contribution >= 4 is 21.6 Å². The number of aliphatic hydroxyl groups is 1. The zero-order valence-corrected chi connectivity index (χ0v) is 12.8. The molecule has 1 fully saturated rings. The maximum atomic E-state index is 12.2. The van der Waals surface area contributed by atoms with Crippen LogP contribution in [0.15, 0.2) is 23.1 Å². The summed E-state index contributed by atoms with van der Waals surface area (Å²) in [5, 5.41) is 9.48. The lowest BCUT2D eigenvalue weighted by Crippen LogP contribution is -2.40. The van der Waals surface area contributed by atoms with Crippen LogP contribution in [0.5, 0.6) is 0 Å². The molecular formula is C13H18ClNO4S. The molecular weight excluding hydrogens is 302 g/mol. The molecule has 112 valence electrons. The Morgan fingerprint density at radius 1 is 1.50 bits per heavy atom. The van der Waals surface area contributed by atoms with E-state index >= 15 is 0 Å². The lowest BCUT2D eigenvalue weighted by Gasteiger charge is -2.23. The molecule has 1 aromatic rings. The molecule has 1 aliphatic rings. The van der Waals surface area contributed by atoms with Crippen LogP contribution in [0.3, 0.4) is 0 Å². The largest absolute Gasteiger partial charge is 0.392 e. The summed E-state index contributed by atoms with van der Waals surface area (Å²) in [6.45, 7) is 2.48. The number of sulfonamides is 1. The van der Waals surface area contributed by atoms with Crippen LogP contribution in [0.1, 0.15) is 25.3 Å². The van der Waals surface area contributed by atoms with Crippen molar-refractivity contribution in [3.8, 4) is 0 Å². The molecule has 2 rings (SSSR count). The average molecular weight is 320 g/mol. The molecule has 0 saturated carbocycles. The first-order valence-electron chi connectivity index (χ1n) is 6.39. The monoisotopic (exact) mass is 319 g/mol. The number of hydrogen-bond donors (Lipinski definition) is 2. The Bertz CT molecular complexity index is 582. The number of nitrogens with one attached hydrogen (secondary N) is 1. The van der Waals surface area contributed by atoms with Crippen molar-refractivity contribution < 1.29 is 18.3 Å². The summed E-state index contributed by atoms with van der Waals surface area (Å²) in [4.78, 5) is 0.0903. The van der Waals surface area contributed by atoms with E-state index in [0.717, 1.165) is 12.8 Å². The van der Waals surface area contributed by atoms with Gasteiger partial charge in [0.25, 0.3) is 0 Å². The van der Waals surface area contributed by atoms with Gasteiger partial charge in [0.05, 0.1) is 17.1 Å². The van der Waals surface area contributed by atoms with Crippen molar-refractivity contribution in [2.45, 2.75) is 36.9 Å². The van der Waals surface area contributed by atoms with E-state index in [4.69, 9.17) is 21.4 Å². The summed E-state index contributed by atoms with van der Waals surface area (Å²) in [6.07, 6.45) is 1.77. The van der Waals surface area contributed by atoms with Crippen molar-refractivity contribution in [3.05, 3.63) is 28.8 Å². The summed E-state index contributed by atoms with van der Waals surface area (Å²) in [7, 11) is -3.63. The molecule has 1 aromatic carbocycles. The zero-order valence-electron chi connectivity index (χ0n) is 11.2. The molecule has 1 heterocycles. The summed E-state index contributed by atoms with van der Waals surface area (Å²) in [6, 6.07) is 4.26. The normalized spacial score (nSPS) is 23.1. The lowest BCUT2D eigenvalue weighted by atomic mass is 10.0. The first kappa shape index (κ1) is 15.7. The Morgan fingerprint density at radius 3 is 2.85 bits per heavy atom. The number of aliphatic hydroxyl groups excluding tert-OH is 1. The van der Waals surface area contributed by atoms with Gasteiger partial charge in [0.1, 0.15) is 0 Å². The Hall–Kier alpha value is -0.660. The second kappa shape index (κ2) is 5.99. The lowest BCUT2D eigenvalue weighted by molar-refractivity contribution is 0.0250. The van der Waals surface area contributed by atoms with Gasteiger partial charge in [-0.25, -0.2) is 13.1 Å². The smallest absolute Gasteiger partial charge is 0.240 e. The number of ether oxygens (including phenoxy) is 1. The van der Waals surface area contributed by atoms with Gasteiger partial charge in [0.15, 0.2) is 0 Å². The van der Waals surface area contributed by atoms with E-state index in [9.17, 15) is 8.42 Å². The fourth-order valence-electron chi connectivity index (χ4n) is 2.15. The van der Waals surface area contributed by atoms with Crippen LogP contribution in [0, 0.1) is 0 Å². The molecule has 0 bridgehead atoms. The van der Waals surface area contributed by atoms with Gasteiger partial charge in [-0.15, -0.1) is 0 Å². The average Bonchev–Trinajstić information content (AvgIpc) is 2.85. The first-order chi connectivity index (χ1) is 9.36. The van der Waals surface area contributed by atoms with Crippen molar-refractivity contribution in [2.24, 2.45) is 0 Å². The molecule has 0 amide bonds. The van der Waals surface area contributed by atoms with Gasteiger partial charge in [0.2, 0.25) is 10.0 Å². The third-order valence-electron chi connectivity index (χ3n) is 3.43. The summed E-state index contributed by atoms with van der Waals surface area (Å²) in [5.41, 5.74) is -0.0582. The predicted octanol–water partition coefficient (Wildman–Crippen LogP) is 1.68. The summed E-state index contributed by atoms with van der Waals surface area (Å²) >= 11 is 5.85. The van der Waals surface area contributed by atoms with Crippen LogP contribution in [-0.4, -0.2) is 32.3 Å². The zero-order chi connectivity index (χ0) is 14.8. The number of rotatable bonds is 5. The minimum atomic E-state index is -3.63. The van der Waals surface area contributed by atoms with Gasteiger partial charge in [0, 0.05) is 18.2 Å². The van der Waals surface area contributed by atoms with Crippen molar-refractivity contribution in [1.82, 2.24) is 4.72 Å². The molecule has 1 atom stereocenters. The van der Waals surface area contributed by atoms with Gasteiger partial charge >= 0.3 is 0 Å². The Labute approximate surface area is 124 Å². The molecule has 1 saturated heterocycles. The van der Waals surface area contributed by atoms with Crippen LogP contribution in [-0.2, 0) is 21.4 Å². The molecule has 0 aromatic heterocycles. The minimum Gasteiger partial charge on any atom is -0.392 e. The van der Waals surface area contributed by atoms with E-state index < -0.39 is 15.6 Å². The van der Waals surface area contributed by atoms with Gasteiger partial charge < -0.3 is 9.84 Å². The molecule has 2 N–H and O–H groups in total. The van der Waals surface area contributed by atoms with Crippen molar-refractivity contribution in [2.75, 3.05) is 13.2 Å². The number of benzene rings is 1. The molecule has 5 nitrogen and oxygen atoms in total. The molecule has 1 aliphatic heterocycles. The maximum absolute atomic E-state index is 12.2. The fourth-order valence-corrected chi connectivity index (χ4v) is 3.53. The third-order valence-corrected chi connectivity index (χ3v) is 5.20. The van der Waals surface area contributed by atoms with Crippen LogP contribution in [0.4, 0.5) is 0 Å². The highest BCUT2D eigenvalue weighted by Crippen LogP contribution is 2.25. The van der Waals surface area contributed by atoms with Crippen LogP contribution < -0.4 is 4.72 Å². The molecule has 0 spiro atoms. The summed E-state index contributed by atoms with van der Waals surface area (Å²) in [5.74, 6) is 0. The quantitative estimate of drug-likeness (QED) is 0.866. The Kier molecular flexibility index (Phi) is 4.71. The Morgan fingerprint density at radius 2 is 2.25 bits per heavy atom. The SMILES string of the molecule is CC1(CNS(=O)(=O)c2ccc(Cl)c(CO)c2)CCCO1. The van der Waals surface area contributed by atoms with E-state index in [1.54, 1.807) is 0 Å². The molecule has 7 heteroatoms. The molecule has 0 aliphatic carbocycles. The van der Waals surface area contributed by atoms with E-state index in [1.807, 2.05) is 6.92 Å². The van der Waals surface area contributed by atoms with Crippen LogP contribution in [0.2, 0.25) is 5.02 Å². The highest BCUT2D eigenvalue weighted by Gasteiger charge is 2.31. The minimum absolute atomic E-state index is 0.0903. The second-order valence-corrected chi connectivity index (χ2v) is 7.31.